The van der Waals surface area contributed by atoms with Crippen molar-refractivity contribution in [1.82, 2.24) is 0 Å². The quantitative estimate of drug-likeness (QED) is 0.534. The van der Waals surface area contributed by atoms with Crippen LogP contribution in [0.25, 0.3) is 0 Å². The molecule has 0 atom stereocenters. The molecular weight excluding hydrogens is 294 g/mol. The summed E-state index contributed by atoms with van der Waals surface area (Å²) in [6.07, 6.45) is 0. The van der Waals surface area contributed by atoms with Crippen LogP contribution in [-0.2, 0) is 27.7 Å². The first-order valence-corrected chi connectivity index (χ1v) is 8.36. The maximum absolute atomic E-state index is 10.4. The lowest BCUT2D eigenvalue weighted by Gasteiger charge is -2.30. The third-order valence-electron chi connectivity index (χ3n) is 3.08. The van der Waals surface area contributed by atoms with Gasteiger partial charge in [0, 0.05) is 20.8 Å². The normalized spacial score (nSPS) is 10.3. The van der Waals surface area contributed by atoms with Crippen molar-refractivity contribution >= 4 is 27.4 Å². The second kappa shape index (κ2) is 11.3. The number of rotatable bonds is 6. The third kappa shape index (κ3) is 13.3. The molecule has 0 aromatic rings. The Labute approximate surface area is 128 Å². The van der Waals surface area contributed by atoms with Gasteiger partial charge in [-0.05, 0) is 20.8 Å². The molecule has 0 bridgehead atoms. The van der Waals surface area contributed by atoms with Gasteiger partial charge in [-0.25, -0.2) is 0 Å². The van der Waals surface area contributed by atoms with Crippen molar-refractivity contribution in [3.63, 3.8) is 0 Å². The van der Waals surface area contributed by atoms with Gasteiger partial charge in [-0.3, -0.25) is 14.4 Å². The van der Waals surface area contributed by atoms with E-state index < -0.39 is 27.4 Å². The van der Waals surface area contributed by atoms with Gasteiger partial charge in [0.1, 0.15) is 0 Å². The second-order valence-corrected chi connectivity index (χ2v) is 5.97. The Morgan fingerprint density at radius 1 is 0.762 bits per heavy atom. The third-order valence-corrected chi connectivity index (χ3v) is 4.65. The summed E-state index contributed by atoms with van der Waals surface area (Å²) in [6.45, 7) is 13.9. The standard InChI is InChI=1S/C7H18N.C6H10O6Si/c1-5-8(4,6-2)7-3;1-4(7)10-13(11-5(2)8)12-6(3)9/h5-7H2,1-4H3;13H,1-3H3/q+1;. The molecule has 8 heteroatoms. The van der Waals surface area contributed by atoms with Crippen LogP contribution < -0.4 is 0 Å². The molecule has 0 fully saturated rings. The minimum absolute atomic E-state index is 0.654. The van der Waals surface area contributed by atoms with Crippen LogP contribution in [0.15, 0.2) is 0 Å². The van der Waals surface area contributed by atoms with Gasteiger partial charge in [-0.1, -0.05) is 0 Å². The van der Waals surface area contributed by atoms with Crippen LogP contribution in [0.5, 0.6) is 0 Å². The highest BCUT2D eigenvalue weighted by Crippen LogP contribution is 1.97. The predicted octanol–water partition coefficient (Wildman–Crippen LogP) is 0.886. The summed E-state index contributed by atoms with van der Waals surface area (Å²) in [5.74, 6) is -1.96. The van der Waals surface area contributed by atoms with Crippen molar-refractivity contribution in [2.75, 3.05) is 26.7 Å². The number of carbonyl (C=O) groups excluding carboxylic acids is 3. The lowest BCUT2D eigenvalue weighted by molar-refractivity contribution is -0.904. The van der Waals surface area contributed by atoms with E-state index in [4.69, 9.17) is 0 Å². The Morgan fingerprint density at radius 2 is 1.00 bits per heavy atom. The Bertz CT molecular complexity index is 297. The number of hydrogen-bond donors (Lipinski definition) is 0. The first-order chi connectivity index (χ1) is 9.60. The molecule has 0 aliphatic rings. The number of quaternary nitrogens is 1. The highest BCUT2D eigenvalue weighted by atomic mass is 28.3. The highest BCUT2D eigenvalue weighted by molar-refractivity contribution is 6.43. The van der Waals surface area contributed by atoms with Crippen molar-refractivity contribution in [3.05, 3.63) is 0 Å². The number of hydrogen-bond acceptors (Lipinski definition) is 6. The topological polar surface area (TPSA) is 78.9 Å². The second-order valence-electron chi connectivity index (χ2n) is 4.69. The molecule has 0 aliphatic heterocycles. The molecule has 0 unspecified atom stereocenters. The van der Waals surface area contributed by atoms with Crippen LogP contribution in [0.4, 0.5) is 0 Å². The molecule has 0 heterocycles. The van der Waals surface area contributed by atoms with E-state index in [1.54, 1.807) is 0 Å². The Morgan fingerprint density at radius 3 is 1.10 bits per heavy atom. The van der Waals surface area contributed by atoms with Crippen LogP contribution in [0.3, 0.4) is 0 Å². The fourth-order valence-corrected chi connectivity index (χ4v) is 2.11. The van der Waals surface area contributed by atoms with E-state index in [1.165, 1.54) is 24.1 Å². The van der Waals surface area contributed by atoms with E-state index in [0.29, 0.717) is 0 Å². The van der Waals surface area contributed by atoms with Gasteiger partial charge in [0.25, 0.3) is 17.9 Å². The SMILES string of the molecule is CC(=O)O[SiH](OC(C)=O)OC(C)=O.CC[N+](C)(CC)CC. The monoisotopic (exact) mass is 322 g/mol. The minimum atomic E-state index is -2.96. The summed E-state index contributed by atoms with van der Waals surface area (Å²) in [6, 6.07) is 0. The molecule has 0 spiro atoms. The molecule has 0 amide bonds. The molecule has 0 saturated heterocycles. The van der Waals surface area contributed by atoms with Crippen molar-refractivity contribution < 1.29 is 32.1 Å². The lowest BCUT2D eigenvalue weighted by Crippen LogP contribution is -2.42. The molecule has 0 aromatic carbocycles. The highest BCUT2D eigenvalue weighted by Gasteiger charge is 2.25. The first kappa shape index (κ1) is 21.9. The minimum Gasteiger partial charge on any atom is -0.458 e. The van der Waals surface area contributed by atoms with Gasteiger partial charge in [-0.2, -0.15) is 0 Å². The molecule has 0 radical (unpaired) electrons. The Kier molecular flexibility index (Phi) is 11.7. The van der Waals surface area contributed by atoms with Crippen molar-refractivity contribution in [1.29, 1.82) is 0 Å². The predicted molar refractivity (Wildman–Crippen MR) is 80.3 cm³/mol. The van der Waals surface area contributed by atoms with E-state index in [0.717, 1.165) is 20.8 Å². The lowest BCUT2D eigenvalue weighted by atomic mass is 10.4. The van der Waals surface area contributed by atoms with Gasteiger partial charge < -0.3 is 17.8 Å². The van der Waals surface area contributed by atoms with E-state index in [1.807, 2.05) is 0 Å². The summed E-state index contributed by atoms with van der Waals surface area (Å²) >= 11 is 0. The molecule has 124 valence electrons. The van der Waals surface area contributed by atoms with Crippen LogP contribution in [0, 0.1) is 0 Å². The van der Waals surface area contributed by atoms with Crippen molar-refractivity contribution in [2.24, 2.45) is 0 Å². The van der Waals surface area contributed by atoms with Gasteiger partial charge in [0.15, 0.2) is 0 Å². The summed E-state index contributed by atoms with van der Waals surface area (Å²) in [5.41, 5.74) is 0. The first-order valence-electron chi connectivity index (χ1n) is 6.95. The van der Waals surface area contributed by atoms with Crippen LogP contribution in [0.1, 0.15) is 41.5 Å². The molecule has 0 saturated carbocycles. The number of nitrogens with zero attached hydrogens (tertiary/aromatic N) is 1. The molecule has 0 rings (SSSR count). The molecule has 0 N–H and O–H groups in total. The van der Waals surface area contributed by atoms with E-state index >= 15 is 0 Å². The smallest absolute Gasteiger partial charge is 0.458 e. The largest absolute Gasteiger partial charge is 0.689 e. The van der Waals surface area contributed by atoms with E-state index in [-0.39, 0.29) is 0 Å². The van der Waals surface area contributed by atoms with E-state index in [2.05, 4.69) is 41.1 Å². The average molecular weight is 322 g/mol. The maximum atomic E-state index is 10.4. The summed E-state index contributed by atoms with van der Waals surface area (Å²) in [4.78, 5) is 31.3. The molecular formula is C13H28NO6Si+. The fraction of sp³-hybridized carbons (Fsp3) is 0.769. The Hall–Kier alpha value is -1.41. The number of carbonyl (C=O) groups is 3. The summed E-state index contributed by atoms with van der Waals surface area (Å²) in [5, 5.41) is 0. The summed E-state index contributed by atoms with van der Waals surface area (Å²) in [7, 11) is -0.664. The zero-order valence-electron chi connectivity index (χ0n) is 14.1. The zero-order chi connectivity index (χ0) is 17.1. The molecule has 7 nitrogen and oxygen atoms in total. The Balaban J connectivity index is 0. The van der Waals surface area contributed by atoms with E-state index in [9.17, 15) is 14.4 Å². The maximum Gasteiger partial charge on any atom is 0.689 e. The van der Waals surface area contributed by atoms with Gasteiger partial charge >= 0.3 is 9.53 Å². The van der Waals surface area contributed by atoms with Crippen LogP contribution in [0.2, 0.25) is 0 Å². The van der Waals surface area contributed by atoms with Gasteiger partial charge in [-0.15, -0.1) is 0 Å². The van der Waals surface area contributed by atoms with Crippen LogP contribution in [-0.4, -0.2) is 58.6 Å². The average Bonchev–Trinajstić information content (AvgIpc) is 2.36. The fourth-order valence-electron chi connectivity index (χ4n) is 1.15. The van der Waals surface area contributed by atoms with Crippen molar-refractivity contribution in [2.45, 2.75) is 41.5 Å². The molecule has 0 aliphatic carbocycles. The van der Waals surface area contributed by atoms with Crippen LogP contribution >= 0.6 is 0 Å². The van der Waals surface area contributed by atoms with Gasteiger partial charge in [0.05, 0.1) is 26.7 Å². The van der Waals surface area contributed by atoms with Gasteiger partial charge in [0.2, 0.25) is 0 Å². The van der Waals surface area contributed by atoms with Crippen molar-refractivity contribution in [3.8, 4) is 0 Å². The molecule has 0 aromatic heterocycles. The zero-order valence-corrected chi connectivity index (χ0v) is 15.3. The molecule has 21 heavy (non-hydrogen) atoms. The summed E-state index contributed by atoms with van der Waals surface area (Å²) < 4.78 is 14.7.